The molecule has 0 spiro atoms. The molecule has 0 radical (unpaired) electrons. The van der Waals surface area contributed by atoms with Crippen LogP contribution >= 0.6 is 15.9 Å². The summed E-state index contributed by atoms with van der Waals surface area (Å²) in [5.41, 5.74) is 7.67. The topological polar surface area (TPSA) is 53.0 Å². The minimum atomic E-state index is 0.469. The van der Waals surface area contributed by atoms with E-state index >= 15 is 0 Å². The molecule has 102 valence electrons. The van der Waals surface area contributed by atoms with Crippen LogP contribution in [0.4, 0.5) is 5.69 Å². The van der Waals surface area contributed by atoms with E-state index in [0.29, 0.717) is 12.0 Å². The maximum Gasteiger partial charge on any atom is 0.101 e. The fourth-order valence-electron chi connectivity index (χ4n) is 3.12. The summed E-state index contributed by atoms with van der Waals surface area (Å²) in [4.78, 5) is 2.36. The second-order valence-corrected chi connectivity index (χ2v) is 5.97. The van der Waals surface area contributed by atoms with Crippen LogP contribution in [0.1, 0.15) is 31.7 Å². The van der Waals surface area contributed by atoms with E-state index in [1.807, 2.05) is 18.2 Å². The highest BCUT2D eigenvalue weighted by atomic mass is 79.9. The first-order valence-electron chi connectivity index (χ1n) is 6.87. The van der Waals surface area contributed by atoms with Crippen LogP contribution in [0.3, 0.4) is 0 Å². The Kier molecular flexibility index (Phi) is 4.84. The van der Waals surface area contributed by atoms with Gasteiger partial charge in [-0.05, 0) is 50.4 Å². The van der Waals surface area contributed by atoms with Crippen LogP contribution in [-0.4, -0.2) is 19.1 Å². The predicted molar refractivity (Wildman–Crippen MR) is 82.1 cm³/mol. The fourth-order valence-corrected chi connectivity index (χ4v) is 3.47. The maximum atomic E-state index is 9.30. The Balaban J connectivity index is 2.36. The van der Waals surface area contributed by atoms with Crippen LogP contribution in [-0.2, 0) is 0 Å². The lowest BCUT2D eigenvalue weighted by atomic mass is 10.0. The van der Waals surface area contributed by atoms with E-state index in [9.17, 15) is 5.26 Å². The normalized spacial score (nSPS) is 22.2. The molecule has 2 rings (SSSR count). The van der Waals surface area contributed by atoms with Crippen molar-refractivity contribution in [2.45, 2.75) is 32.2 Å². The zero-order valence-electron chi connectivity index (χ0n) is 11.3. The second-order valence-electron chi connectivity index (χ2n) is 5.05. The summed E-state index contributed by atoms with van der Waals surface area (Å²) < 4.78 is 1.02. The van der Waals surface area contributed by atoms with Gasteiger partial charge in [0.25, 0.3) is 0 Å². The molecule has 1 aliphatic rings. The molecule has 0 aromatic heterocycles. The monoisotopic (exact) mass is 321 g/mol. The third kappa shape index (κ3) is 2.93. The SMILES string of the molecule is CCN(c1cc(Br)ccc1C#N)C1CCCC1CN. The maximum absolute atomic E-state index is 9.30. The van der Waals surface area contributed by atoms with E-state index in [1.165, 1.54) is 19.3 Å². The Morgan fingerprint density at radius 1 is 1.47 bits per heavy atom. The van der Waals surface area contributed by atoms with Crippen LogP contribution in [0.2, 0.25) is 0 Å². The van der Waals surface area contributed by atoms with Crippen LogP contribution in [0, 0.1) is 17.2 Å². The molecule has 1 fully saturated rings. The number of hydrogen-bond acceptors (Lipinski definition) is 3. The van der Waals surface area contributed by atoms with Crippen LogP contribution in [0.15, 0.2) is 22.7 Å². The van der Waals surface area contributed by atoms with Gasteiger partial charge in [-0.1, -0.05) is 22.4 Å². The predicted octanol–water partition coefficient (Wildman–Crippen LogP) is 3.27. The summed E-state index contributed by atoms with van der Waals surface area (Å²) in [7, 11) is 0. The van der Waals surface area contributed by atoms with E-state index in [-0.39, 0.29) is 0 Å². The molecule has 1 aliphatic carbocycles. The first kappa shape index (κ1) is 14.4. The molecule has 1 saturated carbocycles. The summed E-state index contributed by atoms with van der Waals surface area (Å²) in [5.74, 6) is 0.547. The molecule has 3 nitrogen and oxygen atoms in total. The average molecular weight is 322 g/mol. The number of halogens is 1. The molecular formula is C15H20BrN3. The number of hydrogen-bond donors (Lipinski definition) is 1. The summed E-state index contributed by atoms with van der Waals surface area (Å²) in [6.07, 6.45) is 3.61. The van der Waals surface area contributed by atoms with Gasteiger partial charge in [0.2, 0.25) is 0 Å². The minimum Gasteiger partial charge on any atom is -0.367 e. The van der Waals surface area contributed by atoms with E-state index in [1.54, 1.807) is 0 Å². The molecule has 0 amide bonds. The van der Waals surface area contributed by atoms with Crippen molar-refractivity contribution in [1.29, 1.82) is 5.26 Å². The lowest BCUT2D eigenvalue weighted by molar-refractivity contribution is 0.462. The zero-order valence-corrected chi connectivity index (χ0v) is 12.9. The highest BCUT2D eigenvalue weighted by Crippen LogP contribution is 2.34. The van der Waals surface area contributed by atoms with Gasteiger partial charge in [0.05, 0.1) is 11.3 Å². The number of nitriles is 1. The minimum absolute atomic E-state index is 0.469. The van der Waals surface area contributed by atoms with Gasteiger partial charge in [0.15, 0.2) is 0 Å². The van der Waals surface area contributed by atoms with E-state index < -0.39 is 0 Å². The average Bonchev–Trinajstić information content (AvgIpc) is 2.88. The van der Waals surface area contributed by atoms with Crippen molar-refractivity contribution < 1.29 is 0 Å². The number of benzene rings is 1. The third-order valence-corrected chi connectivity index (χ3v) is 4.55. The quantitative estimate of drug-likeness (QED) is 0.925. The van der Waals surface area contributed by atoms with Crippen molar-refractivity contribution >= 4 is 21.6 Å². The summed E-state index contributed by atoms with van der Waals surface area (Å²) in [6.45, 7) is 3.79. The van der Waals surface area contributed by atoms with Gasteiger partial charge in [-0.3, -0.25) is 0 Å². The van der Waals surface area contributed by atoms with Crippen molar-refractivity contribution in [2.75, 3.05) is 18.0 Å². The first-order chi connectivity index (χ1) is 9.21. The molecular weight excluding hydrogens is 302 g/mol. The Bertz CT molecular complexity index is 481. The molecule has 2 unspecified atom stereocenters. The largest absolute Gasteiger partial charge is 0.367 e. The summed E-state index contributed by atoms with van der Waals surface area (Å²) in [6, 6.07) is 8.62. The highest BCUT2D eigenvalue weighted by molar-refractivity contribution is 9.10. The van der Waals surface area contributed by atoms with Gasteiger partial charge in [0, 0.05) is 17.1 Å². The van der Waals surface area contributed by atoms with Gasteiger partial charge in [0.1, 0.15) is 6.07 Å². The first-order valence-corrected chi connectivity index (χ1v) is 7.67. The zero-order chi connectivity index (χ0) is 13.8. The Hall–Kier alpha value is -1.05. The fraction of sp³-hybridized carbons (Fsp3) is 0.533. The van der Waals surface area contributed by atoms with E-state index in [0.717, 1.165) is 28.8 Å². The van der Waals surface area contributed by atoms with Crippen LogP contribution in [0.25, 0.3) is 0 Å². The molecule has 0 aliphatic heterocycles. The van der Waals surface area contributed by atoms with Gasteiger partial charge in [-0.15, -0.1) is 0 Å². The van der Waals surface area contributed by atoms with E-state index in [4.69, 9.17) is 5.73 Å². The van der Waals surface area contributed by atoms with Gasteiger partial charge in [-0.2, -0.15) is 5.26 Å². The molecule has 0 heterocycles. The number of rotatable bonds is 4. The highest BCUT2D eigenvalue weighted by Gasteiger charge is 2.31. The molecule has 0 bridgehead atoms. The lowest BCUT2D eigenvalue weighted by Crippen LogP contribution is -2.40. The van der Waals surface area contributed by atoms with Gasteiger partial charge in [-0.25, -0.2) is 0 Å². The van der Waals surface area contributed by atoms with Crippen LogP contribution < -0.4 is 10.6 Å². The number of nitrogens with zero attached hydrogens (tertiary/aromatic N) is 2. The molecule has 19 heavy (non-hydrogen) atoms. The molecule has 1 aromatic carbocycles. The molecule has 0 saturated heterocycles. The molecule has 2 N–H and O–H groups in total. The van der Waals surface area contributed by atoms with Crippen molar-refractivity contribution in [3.63, 3.8) is 0 Å². The Morgan fingerprint density at radius 3 is 2.89 bits per heavy atom. The standard InChI is InChI=1S/C15H20BrN3/c1-2-19(14-5-3-4-11(14)9-17)15-8-13(16)7-6-12(15)10-18/h6-8,11,14H,2-5,9,17H2,1H3. The Morgan fingerprint density at radius 2 is 2.26 bits per heavy atom. The second kappa shape index (κ2) is 6.40. The molecule has 1 aromatic rings. The van der Waals surface area contributed by atoms with Crippen molar-refractivity contribution in [1.82, 2.24) is 0 Å². The number of anilines is 1. The van der Waals surface area contributed by atoms with Crippen molar-refractivity contribution in [3.8, 4) is 6.07 Å². The third-order valence-electron chi connectivity index (χ3n) is 4.05. The van der Waals surface area contributed by atoms with Crippen LogP contribution in [0.5, 0.6) is 0 Å². The lowest BCUT2D eigenvalue weighted by Gasteiger charge is -2.34. The van der Waals surface area contributed by atoms with E-state index in [2.05, 4.69) is 33.8 Å². The Labute approximate surface area is 123 Å². The summed E-state index contributed by atoms with van der Waals surface area (Å²) in [5, 5.41) is 9.30. The summed E-state index contributed by atoms with van der Waals surface area (Å²) >= 11 is 3.50. The van der Waals surface area contributed by atoms with Crippen molar-refractivity contribution in [3.05, 3.63) is 28.2 Å². The van der Waals surface area contributed by atoms with Crippen molar-refractivity contribution in [2.24, 2.45) is 11.7 Å². The van der Waals surface area contributed by atoms with Gasteiger partial charge < -0.3 is 10.6 Å². The smallest absolute Gasteiger partial charge is 0.101 e. The molecule has 4 heteroatoms. The number of nitrogens with two attached hydrogens (primary N) is 1. The molecule has 2 atom stereocenters. The van der Waals surface area contributed by atoms with Gasteiger partial charge >= 0.3 is 0 Å².